The molecule has 4 heteroatoms. The molecular formula is C22H34O2P2. The van der Waals surface area contributed by atoms with E-state index < -0.39 is 16.3 Å². The van der Waals surface area contributed by atoms with Crippen LogP contribution < -0.4 is 9.05 Å². The van der Waals surface area contributed by atoms with Crippen LogP contribution in [0.15, 0.2) is 36.4 Å². The van der Waals surface area contributed by atoms with Crippen molar-refractivity contribution in [2.24, 2.45) is 0 Å². The standard InChI is InChI=1S/C22H34O2P2/c1-15(2)25(16(3)4)23-20-13-19-11-9-10-12-21(19)22(14-20)24-26(17(5)6)18(7)8/h9-18H,1-8H3. The topological polar surface area (TPSA) is 18.5 Å². The van der Waals surface area contributed by atoms with Gasteiger partial charge in [0.1, 0.15) is 11.5 Å². The van der Waals surface area contributed by atoms with Gasteiger partial charge in [-0.25, -0.2) is 0 Å². The molecule has 0 aromatic heterocycles. The van der Waals surface area contributed by atoms with E-state index in [0.717, 1.165) is 11.5 Å². The molecule has 0 N–H and O–H groups in total. The predicted octanol–water partition coefficient (Wildman–Crippen LogP) is 8.02. The first-order valence-electron chi connectivity index (χ1n) is 9.66. The molecule has 0 unspecified atom stereocenters. The van der Waals surface area contributed by atoms with Gasteiger partial charge in [-0.1, -0.05) is 79.7 Å². The molecule has 0 aliphatic carbocycles. The molecule has 2 nitrogen and oxygen atoms in total. The SMILES string of the molecule is CC(C)P(Oc1cc(OP(C(C)C)C(C)C)c2ccccc2c1)C(C)C. The van der Waals surface area contributed by atoms with Crippen LogP contribution in [0.5, 0.6) is 11.5 Å². The highest BCUT2D eigenvalue weighted by Crippen LogP contribution is 2.51. The fraction of sp³-hybridized carbons (Fsp3) is 0.545. The average molecular weight is 392 g/mol. The van der Waals surface area contributed by atoms with Gasteiger partial charge < -0.3 is 9.05 Å². The second-order valence-corrected chi connectivity index (χ2v) is 13.9. The number of hydrogen-bond donors (Lipinski definition) is 0. The first kappa shape index (κ1) is 21.5. The van der Waals surface area contributed by atoms with E-state index in [2.05, 4.69) is 91.8 Å². The Bertz CT molecular complexity index is 694. The number of benzene rings is 2. The monoisotopic (exact) mass is 392 g/mol. The summed E-state index contributed by atoms with van der Waals surface area (Å²) in [6.45, 7) is 18.0. The van der Waals surface area contributed by atoms with Gasteiger partial charge in [-0.15, -0.1) is 0 Å². The van der Waals surface area contributed by atoms with Gasteiger partial charge >= 0.3 is 0 Å². The molecule has 2 aromatic rings. The van der Waals surface area contributed by atoms with Crippen LogP contribution in [0, 0.1) is 0 Å². The van der Waals surface area contributed by atoms with Crippen molar-refractivity contribution in [2.45, 2.75) is 78.0 Å². The lowest BCUT2D eigenvalue weighted by atomic mass is 10.1. The molecule has 0 fully saturated rings. The lowest BCUT2D eigenvalue weighted by Crippen LogP contribution is -2.09. The van der Waals surface area contributed by atoms with E-state index in [1.54, 1.807) is 0 Å². The fourth-order valence-corrected chi connectivity index (χ4v) is 7.18. The molecule has 0 bridgehead atoms. The Labute approximate surface area is 162 Å². The van der Waals surface area contributed by atoms with E-state index in [1.807, 2.05) is 0 Å². The first-order chi connectivity index (χ1) is 12.2. The van der Waals surface area contributed by atoms with Crippen molar-refractivity contribution in [1.29, 1.82) is 0 Å². The van der Waals surface area contributed by atoms with Gasteiger partial charge in [-0.2, -0.15) is 0 Å². The zero-order valence-electron chi connectivity index (χ0n) is 17.5. The van der Waals surface area contributed by atoms with E-state index in [4.69, 9.17) is 9.05 Å². The maximum absolute atomic E-state index is 6.59. The van der Waals surface area contributed by atoms with Gasteiger partial charge in [0.15, 0.2) is 0 Å². The lowest BCUT2D eigenvalue weighted by Gasteiger charge is -2.28. The number of hydrogen-bond acceptors (Lipinski definition) is 2. The second-order valence-electron chi connectivity index (χ2n) is 7.92. The largest absolute Gasteiger partial charge is 0.473 e. The number of fused-ring (bicyclic) bond motifs is 1. The highest BCUT2D eigenvalue weighted by Gasteiger charge is 2.23. The highest BCUT2D eigenvalue weighted by atomic mass is 31.1. The normalized spacial score (nSPS) is 12.4. The molecule has 0 radical (unpaired) electrons. The fourth-order valence-electron chi connectivity index (χ4n) is 3.23. The molecule has 0 spiro atoms. The van der Waals surface area contributed by atoms with Crippen LogP contribution >= 0.6 is 16.3 Å². The van der Waals surface area contributed by atoms with E-state index in [9.17, 15) is 0 Å². The minimum absolute atomic E-state index is 0.518. The molecule has 0 atom stereocenters. The Morgan fingerprint density at radius 1 is 0.654 bits per heavy atom. The maximum atomic E-state index is 6.59. The molecule has 26 heavy (non-hydrogen) atoms. The van der Waals surface area contributed by atoms with Crippen LogP contribution in [-0.2, 0) is 0 Å². The Hall–Kier alpha value is -0.840. The van der Waals surface area contributed by atoms with Crippen molar-refractivity contribution >= 4 is 27.1 Å². The van der Waals surface area contributed by atoms with Crippen LogP contribution in [0.25, 0.3) is 10.8 Å². The van der Waals surface area contributed by atoms with Crippen molar-refractivity contribution in [3.05, 3.63) is 36.4 Å². The molecule has 0 aliphatic rings. The van der Waals surface area contributed by atoms with Gasteiger partial charge in [-0.05, 0) is 11.5 Å². The third-order valence-electron chi connectivity index (χ3n) is 4.25. The molecule has 0 saturated heterocycles. The third-order valence-corrected chi connectivity index (χ3v) is 9.15. The summed E-state index contributed by atoms with van der Waals surface area (Å²) in [5.74, 6) is 1.91. The third kappa shape index (κ3) is 5.34. The van der Waals surface area contributed by atoms with Gasteiger partial charge in [0, 0.05) is 34.1 Å². The Balaban J connectivity index is 2.45. The minimum atomic E-state index is -0.536. The minimum Gasteiger partial charge on any atom is -0.473 e. The zero-order valence-corrected chi connectivity index (χ0v) is 19.3. The van der Waals surface area contributed by atoms with Crippen molar-refractivity contribution in [3.63, 3.8) is 0 Å². The van der Waals surface area contributed by atoms with Crippen LogP contribution in [0.2, 0.25) is 0 Å². The summed E-state index contributed by atoms with van der Waals surface area (Å²) in [7, 11) is -1.05. The second kappa shape index (κ2) is 9.38. The van der Waals surface area contributed by atoms with E-state index in [0.29, 0.717) is 22.6 Å². The van der Waals surface area contributed by atoms with Gasteiger partial charge in [0.25, 0.3) is 0 Å². The molecule has 0 amide bonds. The van der Waals surface area contributed by atoms with Crippen LogP contribution in [0.3, 0.4) is 0 Å². The summed E-state index contributed by atoms with van der Waals surface area (Å²) in [5, 5.41) is 2.36. The predicted molar refractivity (Wildman–Crippen MR) is 120 cm³/mol. The van der Waals surface area contributed by atoms with Crippen LogP contribution in [0.4, 0.5) is 0 Å². The Morgan fingerprint density at radius 2 is 1.15 bits per heavy atom. The van der Waals surface area contributed by atoms with Gasteiger partial charge in [0.2, 0.25) is 0 Å². The summed E-state index contributed by atoms with van der Waals surface area (Å²) in [6.07, 6.45) is 0. The van der Waals surface area contributed by atoms with Crippen LogP contribution in [0.1, 0.15) is 55.4 Å². The molecule has 0 aliphatic heterocycles. The quantitative estimate of drug-likeness (QED) is 0.423. The molecule has 144 valence electrons. The highest BCUT2D eigenvalue weighted by molar-refractivity contribution is 7.54. The molecular weight excluding hydrogens is 358 g/mol. The van der Waals surface area contributed by atoms with Crippen molar-refractivity contribution in [1.82, 2.24) is 0 Å². The summed E-state index contributed by atoms with van der Waals surface area (Å²) in [5.41, 5.74) is 2.11. The van der Waals surface area contributed by atoms with Crippen molar-refractivity contribution < 1.29 is 9.05 Å². The summed E-state index contributed by atoms with van der Waals surface area (Å²) in [4.78, 5) is 0. The zero-order chi connectivity index (χ0) is 19.4. The molecule has 2 aromatic carbocycles. The van der Waals surface area contributed by atoms with Crippen molar-refractivity contribution in [3.8, 4) is 11.5 Å². The first-order valence-corrected chi connectivity index (χ1v) is 12.5. The maximum Gasteiger partial charge on any atom is 0.134 e. The smallest absolute Gasteiger partial charge is 0.134 e. The lowest BCUT2D eigenvalue weighted by molar-refractivity contribution is 0.572. The Morgan fingerprint density at radius 3 is 1.69 bits per heavy atom. The van der Waals surface area contributed by atoms with Crippen LogP contribution in [-0.4, -0.2) is 22.6 Å². The van der Waals surface area contributed by atoms with E-state index in [1.165, 1.54) is 10.8 Å². The van der Waals surface area contributed by atoms with E-state index >= 15 is 0 Å². The molecule has 0 saturated carbocycles. The van der Waals surface area contributed by atoms with Gasteiger partial charge in [0.05, 0.1) is 16.3 Å². The summed E-state index contributed by atoms with van der Waals surface area (Å²) in [6, 6.07) is 12.7. The van der Waals surface area contributed by atoms with Gasteiger partial charge in [-0.3, -0.25) is 0 Å². The average Bonchev–Trinajstić information content (AvgIpc) is 2.56. The molecule has 2 rings (SSSR count). The summed E-state index contributed by atoms with van der Waals surface area (Å²) >= 11 is 0. The molecule has 0 heterocycles. The Kier molecular flexibility index (Phi) is 7.75. The summed E-state index contributed by atoms with van der Waals surface area (Å²) < 4.78 is 13.1. The number of rotatable bonds is 8. The van der Waals surface area contributed by atoms with E-state index in [-0.39, 0.29) is 0 Å². The van der Waals surface area contributed by atoms with Crippen molar-refractivity contribution in [2.75, 3.05) is 0 Å².